The van der Waals surface area contributed by atoms with Crippen molar-refractivity contribution in [1.82, 2.24) is 5.32 Å². The van der Waals surface area contributed by atoms with Gasteiger partial charge < -0.3 is 11.1 Å². The standard InChI is InChI=1S/C15H21F3N2O/c1-14(2,3)20-13(21)11(9-19)8-10-4-6-12(7-5-10)15(16,17)18/h4-7,11H,8-9,19H2,1-3H3,(H,20,21). The molecule has 0 saturated carbocycles. The number of amides is 1. The molecule has 0 radical (unpaired) electrons. The monoisotopic (exact) mass is 302 g/mol. The van der Waals surface area contributed by atoms with Gasteiger partial charge in [0.1, 0.15) is 0 Å². The Morgan fingerprint density at radius 2 is 1.71 bits per heavy atom. The fraction of sp³-hybridized carbons (Fsp3) is 0.533. The van der Waals surface area contributed by atoms with Crippen LogP contribution in [0.1, 0.15) is 31.9 Å². The molecule has 118 valence electrons. The molecule has 0 spiro atoms. The van der Waals surface area contributed by atoms with Crippen LogP contribution in [0.3, 0.4) is 0 Å². The summed E-state index contributed by atoms with van der Waals surface area (Å²) in [5.41, 5.74) is 5.18. The van der Waals surface area contributed by atoms with Crippen molar-refractivity contribution in [1.29, 1.82) is 0 Å². The molecule has 1 atom stereocenters. The van der Waals surface area contributed by atoms with Crippen LogP contribution in [0.25, 0.3) is 0 Å². The van der Waals surface area contributed by atoms with Crippen LogP contribution in [-0.2, 0) is 17.4 Å². The predicted molar refractivity (Wildman–Crippen MR) is 75.6 cm³/mol. The quantitative estimate of drug-likeness (QED) is 0.898. The number of hydrogen-bond acceptors (Lipinski definition) is 2. The van der Waals surface area contributed by atoms with E-state index in [0.29, 0.717) is 12.0 Å². The van der Waals surface area contributed by atoms with Gasteiger partial charge in [-0.2, -0.15) is 13.2 Å². The summed E-state index contributed by atoms with van der Waals surface area (Å²) < 4.78 is 37.4. The number of nitrogens with two attached hydrogens (primary N) is 1. The molecule has 3 nitrogen and oxygen atoms in total. The molecular formula is C15H21F3N2O. The van der Waals surface area contributed by atoms with E-state index in [1.165, 1.54) is 12.1 Å². The first kappa shape index (κ1) is 17.5. The van der Waals surface area contributed by atoms with E-state index in [4.69, 9.17) is 5.73 Å². The molecule has 1 aromatic carbocycles. The molecule has 0 heterocycles. The van der Waals surface area contributed by atoms with Crippen molar-refractivity contribution in [2.75, 3.05) is 6.54 Å². The first-order chi connectivity index (χ1) is 9.53. The maximum Gasteiger partial charge on any atom is 0.416 e. The number of alkyl halides is 3. The SMILES string of the molecule is CC(C)(C)NC(=O)C(CN)Cc1ccc(C(F)(F)F)cc1. The number of carbonyl (C=O) groups excluding carboxylic acids is 1. The second-order valence-electron chi connectivity index (χ2n) is 6.07. The largest absolute Gasteiger partial charge is 0.416 e. The smallest absolute Gasteiger partial charge is 0.351 e. The van der Waals surface area contributed by atoms with Crippen LogP contribution in [0.4, 0.5) is 13.2 Å². The molecule has 6 heteroatoms. The summed E-state index contributed by atoms with van der Waals surface area (Å²) in [6, 6.07) is 4.81. The van der Waals surface area contributed by atoms with E-state index < -0.39 is 17.7 Å². The van der Waals surface area contributed by atoms with Crippen LogP contribution in [0, 0.1) is 5.92 Å². The van der Waals surface area contributed by atoms with Crippen molar-refractivity contribution in [3.8, 4) is 0 Å². The summed E-state index contributed by atoms with van der Waals surface area (Å²) in [5.74, 6) is -0.647. The van der Waals surface area contributed by atoms with Crippen molar-refractivity contribution >= 4 is 5.91 Å². The zero-order chi connectivity index (χ0) is 16.3. The minimum Gasteiger partial charge on any atom is -0.351 e. The van der Waals surface area contributed by atoms with E-state index >= 15 is 0 Å². The van der Waals surface area contributed by atoms with Crippen molar-refractivity contribution in [2.45, 2.75) is 38.9 Å². The van der Waals surface area contributed by atoms with Gasteiger partial charge in [0.25, 0.3) is 0 Å². The fourth-order valence-electron chi connectivity index (χ4n) is 1.87. The van der Waals surface area contributed by atoms with Crippen LogP contribution in [0.15, 0.2) is 24.3 Å². The van der Waals surface area contributed by atoms with Crippen LogP contribution in [0.5, 0.6) is 0 Å². The Balaban J connectivity index is 2.76. The Hall–Kier alpha value is -1.56. The molecule has 3 N–H and O–H groups in total. The van der Waals surface area contributed by atoms with Gasteiger partial charge in [-0.25, -0.2) is 0 Å². The number of nitrogens with one attached hydrogen (secondary N) is 1. The van der Waals surface area contributed by atoms with E-state index in [1.54, 1.807) is 0 Å². The van der Waals surface area contributed by atoms with E-state index in [-0.39, 0.29) is 18.0 Å². The summed E-state index contributed by atoms with van der Waals surface area (Å²) in [7, 11) is 0. The van der Waals surface area contributed by atoms with Crippen LogP contribution in [-0.4, -0.2) is 18.0 Å². The Morgan fingerprint density at radius 1 is 1.19 bits per heavy atom. The van der Waals surface area contributed by atoms with E-state index in [1.807, 2.05) is 20.8 Å². The molecule has 1 unspecified atom stereocenters. The van der Waals surface area contributed by atoms with Crippen molar-refractivity contribution in [3.63, 3.8) is 0 Å². The molecule has 1 amide bonds. The van der Waals surface area contributed by atoms with E-state index in [2.05, 4.69) is 5.32 Å². The van der Waals surface area contributed by atoms with Crippen LogP contribution >= 0.6 is 0 Å². The molecule has 0 aromatic heterocycles. The predicted octanol–water partition coefficient (Wildman–Crippen LogP) is 2.74. The van der Waals surface area contributed by atoms with Gasteiger partial charge in [0, 0.05) is 12.1 Å². The van der Waals surface area contributed by atoms with E-state index in [0.717, 1.165) is 12.1 Å². The van der Waals surface area contributed by atoms with Gasteiger partial charge >= 0.3 is 6.18 Å². The Bertz CT molecular complexity index is 475. The highest BCUT2D eigenvalue weighted by Gasteiger charge is 2.30. The second kappa shape index (κ2) is 6.47. The second-order valence-corrected chi connectivity index (χ2v) is 6.07. The van der Waals surface area contributed by atoms with E-state index in [9.17, 15) is 18.0 Å². The zero-order valence-electron chi connectivity index (χ0n) is 12.4. The van der Waals surface area contributed by atoms with Gasteiger partial charge in [-0.15, -0.1) is 0 Å². The molecule has 0 aliphatic rings. The normalized spacial score (nSPS) is 13.9. The molecule has 1 aromatic rings. The van der Waals surface area contributed by atoms with Crippen molar-refractivity contribution in [2.24, 2.45) is 11.7 Å². The number of carbonyl (C=O) groups is 1. The van der Waals surface area contributed by atoms with Crippen molar-refractivity contribution < 1.29 is 18.0 Å². The summed E-state index contributed by atoms with van der Waals surface area (Å²) in [6.07, 6.45) is -4.04. The summed E-state index contributed by atoms with van der Waals surface area (Å²) >= 11 is 0. The first-order valence-corrected chi connectivity index (χ1v) is 6.71. The molecule has 1 rings (SSSR count). The highest BCUT2D eigenvalue weighted by molar-refractivity contribution is 5.79. The molecule has 0 aliphatic heterocycles. The van der Waals surface area contributed by atoms with Gasteiger partial charge in [0.05, 0.1) is 11.5 Å². The molecule has 0 fully saturated rings. The highest BCUT2D eigenvalue weighted by Crippen LogP contribution is 2.29. The maximum absolute atomic E-state index is 12.5. The van der Waals surface area contributed by atoms with Crippen LogP contribution < -0.4 is 11.1 Å². The van der Waals surface area contributed by atoms with Gasteiger partial charge in [-0.05, 0) is 44.9 Å². The minimum absolute atomic E-state index is 0.142. The lowest BCUT2D eigenvalue weighted by Crippen LogP contribution is -2.46. The summed E-state index contributed by atoms with van der Waals surface area (Å²) in [6.45, 7) is 5.72. The topological polar surface area (TPSA) is 55.1 Å². The number of rotatable bonds is 4. The third kappa shape index (κ3) is 5.75. The number of benzene rings is 1. The number of halogens is 3. The first-order valence-electron chi connectivity index (χ1n) is 6.71. The number of hydrogen-bond donors (Lipinski definition) is 2. The Labute approximate surface area is 122 Å². The highest BCUT2D eigenvalue weighted by atomic mass is 19.4. The average Bonchev–Trinajstić information content (AvgIpc) is 2.33. The lowest BCUT2D eigenvalue weighted by molar-refractivity contribution is -0.137. The average molecular weight is 302 g/mol. The molecule has 0 aliphatic carbocycles. The lowest BCUT2D eigenvalue weighted by atomic mass is 9.96. The minimum atomic E-state index is -4.35. The summed E-state index contributed by atoms with van der Waals surface area (Å²) in [5, 5.41) is 2.83. The molecular weight excluding hydrogens is 281 g/mol. The lowest BCUT2D eigenvalue weighted by Gasteiger charge is -2.24. The maximum atomic E-state index is 12.5. The fourth-order valence-corrected chi connectivity index (χ4v) is 1.87. The molecule has 0 bridgehead atoms. The molecule has 0 saturated heterocycles. The van der Waals surface area contributed by atoms with Crippen LogP contribution in [0.2, 0.25) is 0 Å². The molecule has 21 heavy (non-hydrogen) atoms. The Kier molecular flexibility index (Phi) is 5.39. The van der Waals surface area contributed by atoms with Crippen molar-refractivity contribution in [3.05, 3.63) is 35.4 Å². The van der Waals surface area contributed by atoms with Gasteiger partial charge in [0.2, 0.25) is 5.91 Å². The zero-order valence-corrected chi connectivity index (χ0v) is 12.4. The van der Waals surface area contributed by atoms with Gasteiger partial charge in [-0.3, -0.25) is 4.79 Å². The third-order valence-corrected chi connectivity index (χ3v) is 2.92. The summed E-state index contributed by atoms with van der Waals surface area (Å²) in [4.78, 5) is 12.0. The third-order valence-electron chi connectivity index (χ3n) is 2.92. The Morgan fingerprint density at radius 3 is 2.10 bits per heavy atom. The van der Waals surface area contributed by atoms with Gasteiger partial charge in [0.15, 0.2) is 0 Å². The van der Waals surface area contributed by atoms with Gasteiger partial charge in [-0.1, -0.05) is 12.1 Å².